The molecule has 2 aliphatic carbocycles. The fourth-order valence-electron chi connectivity index (χ4n) is 9.52. The third-order valence-corrected chi connectivity index (χ3v) is 14.3. The minimum atomic E-state index is -0.114. The molecule has 0 saturated heterocycles. The molecule has 6 heteroatoms. The Bertz CT molecular complexity index is 3280. The van der Waals surface area contributed by atoms with E-state index >= 15 is 0 Å². The van der Waals surface area contributed by atoms with Crippen LogP contribution in [0.2, 0.25) is 0 Å². The SMILES string of the molecule is Cc1c2ccc(c1C)CCc1ccc(c3cn(-c4cccc(Oc5ccc6c7ccccc7n(-c7cc(C(C)(C)C)c(-c8ccc(C(C)(C)C)cc8)cn7)c6c5)c4)[c](=[Pt])n13)CC2. The summed E-state index contributed by atoms with van der Waals surface area (Å²) in [5, 5.41) is 2.35. The molecule has 0 fully saturated rings. The fraction of sp³-hybridized carbons (Fsp3) is 0.250. The molecule has 2 aliphatic heterocycles. The van der Waals surface area contributed by atoms with Gasteiger partial charge >= 0.3 is 261 Å². The zero-order valence-electron chi connectivity index (χ0n) is 37.0. The van der Waals surface area contributed by atoms with Gasteiger partial charge in [0, 0.05) is 11.8 Å². The Morgan fingerprint density at radius 3 is 2.02 bits per heavy atom. The summed E-state index contributed by atoms with van der Waals surface area (Å²) in [6, 6.07) is 44.3. The van der Waals surface area contributed by atoms with Crippen molar-refractivity contribution < 1.29 is 24.1 Å². The number of pyridine rings is 2. The molecule has 314 valence electrons. The van der Waals surface area contributed by atoms with Gasteiger partial charge in [-0.1, -0.05) is 77.9 Å². The molecule has 0 radical (unpaired) electrons. The Hall–Kier alpha value is -5.77. The normalized spacial score (nSPS) is 13.3. The summed E-state index contributed by atoms with van der Waals surface area (Å²) in [7, 11) is 0. The number of imidazole rings is 1. The number of nitrogens with zero attached hydrogens (tertiary/aromatic N) is 4. The predicted molar refractivity (Wildman–Crippen MR) is 252 cm³/mol. The first kappa shape index (κ1) is 40.3. The minimum absolute atomic E-state index is 0.0943. The second-order valence-electron chi connectivity index (χ2n) is 19.2. The number of hydrogen-bond acceptors (Lipinski definition) is 2. The zero-order valence-corrected chi connectivity index (χ0v) is 39.3. The molecule has 5 nitrogen and oxygen atoms in total. The number of rotatable bonds is 5. The molecule has 13 rings (SSSR count). The van der Waals surface area contributed by atoms with Crippen LogP contribution < -0.4 is 4.74 Å². The van der Waals surface area contributed by atoms with Crippen molar-refractivity contribution in [1.29, 1.82) is 0 Å². The Balaban J connectivity index is 1.02. The molecule has 0 amide bonds. The van der Waals surface area contributed by atoms with Crippen LogP contribution in [0.4, 0.5) is 0 Å². The van der Waals surface area contributed by atoms with E-state index in [2.05, 4.69) is 222 Å². The van der Waals surface area contributed by atoms with Gasteiger partial charge in [-0.3, -0.25) is 0 Å². The van der Waals surface area contributed by atoms with Gasteiger partial charge in [0.25, 0.3) is 0 Å². The van der Waals surface area contributed by atoms with Gasteiger partial charge in [-0.25, -0.2) is 0 Å². The molecular weight excluding hydrogens is 940 g/mol. The summed E-state index contributed by atoms with van der Waals surface area (Å²) in [5.74, 6) is 2.46. The van der Waals surface area contributed by atoms with Gasteiger partial charge in [0.05, 0.1) is 0 Å². The van der Waals surface area contributed by atoms with Crippen molar-refractivity contribution in [1.82, 2.24) is 18.5 Å². The number of aryl methyl sites for hydroxylation is 4. The first-order valence-corrected chi connectivity index (χ1v) is 23.1. The summed E-state index contributed by atoms with van der Waals surface area (Å²) in [6.07, 6.45) is 8.41. The third-order valence-electron chi connectivity index (χ3n) is 13.2. The molecule has 6 heterocycles. The molecule has 4 bridgehead atoms. The standard InChI is InChI=1S/C56H54N4O.Pt/c1-36-37(2)39-17-16-38(36)18-19-41-23-27-43(26-22-39)59-35-58(34-53(41)59)44-12-11-13-45(30-44)61-46-28-29-48-47-14-9-10-15-51(47)60(52(48)31-46)54-32-50(56(6,7)8)49(33-57-54)40-20-24-42(25-21-40)55(3,4)5;/h9-17,20-21,23-25,27-34H,18-19,22,26H2,1-8H3;. The van der Waals surface area contributed by atoms with Crippen LogP contribution in [0.25, 0.3) is 50.0 Å². The molecule has 5 aromatic carbocycles. The fourth-order valence-corrected chi connectivity index (χ4v) is 10.6. The van der Waals surface area contributed by atoms with Gasteiger partial charge < -0.3 is 0 Å². The van der Waals surface area contributed by atoms with E-state index in [4.69, 9.17) is 9.72 Å². The second-order valence-corrected chi connectivity index (χ2v) is 20.3. The first-order chi connectivity index (χ1) is 29.7. The number of hydrogen-bond donors (Lipinski definition) is 0. The summed E-state index contributed by atoms with van der Waals surface area (Å²) in [6.45, 7) is 18.2. The van der Waals surface area contributed by atoms with Crippen molar-refractivity contribution in [3.63, 3.8) is 0 Å². The molecular formula is C56H54N4OPt. The molecule has 0 spiro atoms. The van der Waals surface area contributed by atoms with Gasteiger partial charge in [0.2, 0.25) is 0 Å². The Morgan fingerprint density at radius 1 is 0.597 bits per heavy atom. The first-order valence-electron chi connectivity index (χ1n) is 21.9. The van der Waals surface area contributed by atoms with Crippen molar-refractivity contribution >= 4 is 27.3 Å². The molecule has 0 unspecified atom stereocenters. The predicted octanol–water partition coefficient (Wildman–Crippen LogP) is 13.9. The molecule has 62 heavy (non-hydrogen) atoms. The van der Waals surface area contributed by atoms with E-state index in [1.807, 2.05) is 0 Å². The maximum atomic E-state index is 6.78. The number of aromatic nitrogens is 4. The van der Waals surface area contributed by atoms with Crippen molar-refractivity contribution in [3.05, 3.63) is 182 Å². The average molecular weight is 994 g/mol. The maximum absolute atomic E-state index is 6.78. The van der Waals surface area contributed by atoms with E-state index in [9.17, 15) is 0 Å². The van der Waals surface area contributed by atoms with Crippen LogP contribution >= 0.6 is 0 Å². The Kier molecular flexibility index (Phi) is 9.91. The van der Waals surface area contributed by atoms with E-state index in [0.717, 1.165) is 74.5 Å². The topological polar surface area (TPSA) is 36.4 Å². The van der Waals surface area contributed by atoms with Crippen LogP contribution in [0.3, 0.4) is 0 Å². The van der Waals surface area contributed by atoms with E-state index in [-0.39, 0.29) is 10.8 Å². The Labute approximate surface area is 376 Å². The van der Waals surface area contributed by atoms with Crippen LogP contribution in [0.5, 0.6) is 11.5 Å². The number of fused-ring (bicyclic) bond motifs is 3. The van der Waals surface area contributed by atoms with Crippen molar-refractivity contribution in [2.24, 2.45) is 0 Å². The van der Waals surface area contributed by atoms with Crippen molar-refractivity contribution in [2.45, 2.75) is 91.9 Å². The Morgan fingerprint density at radius 2 is 1.27 bits per heavy atom. The van der Waals surface area contributed by atoms with Gasteiger partial charge in [-0.05, 0) is 27.5 Å². The van der Waals surface area contributed by atoms with Crippen LogP contribution in [0, 0.1) is 17.7 Å². The summed E-state index contributed by atoms with van der Waals surface area (Å²) in [5.41, 5.74) is 17.9. The van der Waals surface area contributed by atoms with Gasteiger partial charge in [-0.15, -0.1) is 0 Å². The van der Waals surface area contributed by atoms with Crippen molar-refractivity contribution in [2.75, 3.05) is 0 Å². The quantitative estimate of drug-likeness (QED) is 0.172. The van der Waals surface area contributed by atoms with Gasteiger partial charge in [0.1, 0.15) is 0 Å². The summed E-state index contributed by atoms with van der Waals surface area (Å²) < 4.78 is 15.0. The number of benzene rings is 5. The molecule has 0 saturated carbocycles. The van der Waals surface area contributed by atoms with Crippen LogP contribution in [0.1, 0.15) is 86.2 Å². The van der Waals surface area contributed by atoms with Crippen LogP contribution in [-0.4, -0.2) is 18.5 Å². The monoisotopic (exact) mass is 993 g/mol. The van der Waals surface area contributed by atoms with E-state index < -0.39 is 0 Å². The van der Waals surface area contributed by atoms with E-state index in [0.29, 0.717) is 0 Å². The summed E-state index contributed by atoms with van der Waals surface area (Å²) >= 11 is 2.51. The van der Waals surface area contributed by atoms with E-state index in [1.165, 1.54) is 61.1 Å². The summed E-state index contributed by atoms with van der Waals surface area (Å²) in [4.78, 5) is 5.20. The molecule has 0 atom stereocenters. The average Bonchev–Trinajstić information content (AvgIpc) is 3.77. The molecule has 0 N–H and O–H groups in total. The zero-order chi connectivity index (χ0) is 43.1. The third kappa shape index (κ3) is 7.09. The molecule has 9 aromatic rings. The number of para-hydroxylation sites is 1. The van der Waals surface area contributed by atoms with Crippen molar-refractivity contribution in [3.8, 4) is 34.1 Å². The van der Waals surface area contributed by atoms with Crippen LogP contribution in [0.15, 0.2) is 134 Å². The van der Waals surface area contributed by atoms with Gasteiger partial charge in [0.15, 0.2) is 0 Å². The van der Waals surface area contributed by atoms with E-state index in [1.54, 1.807) is 0 Å². The molecule has 4 aliphatic rings. The van der Waals surface area contributed by atoms with Gasteiger partial charge in [-0.2, -0.15) is 0 Å². The molecule has 4 aromatic heterocycles. The number of ether oxygens (including phenoxy) is 1. The second kappa shape index (κ2) is 15.2. The van der Waals surface area contributed by atoms with Crippen LogP contribution in [-0.2, 0) is 55.9 Å².